The van der Waals surface area contributed by atoms with Crippen molar-refractivity contribution in [3.8, 4) is 0 Å². The van der Waals surface area contributed by atoms with E-state index in [-0.39, 0.29) is 5.91 Å². The Balaban J connectivity index is 2.48. The Bertz CT molecular complexity index is 362. The third-order valence-corrected chi connectivity index (χ3v) is 3.12. The van der Waals surface area contributed by atoms with Gasteiger partial charge in [0.25, 0.3) is 0 Å². The van der Waals surface area contributed by atoms with Crippen LogP contribution in [-0.4, -0.2) is 17.9 Å². The van der Waals surface area contributed by atoms with E-state index in [9.17, 15) is 4.79 Å². The maximum absolute atomic E-state index is 11.4. The van der Waals surface area contributed by atoms with Gasteiger partial charge in [-0.25, -0.2) is 0 Å². The molecule has 0 aliphatic carbocycles. The van der Waals surface area contributed by atoms with Gasteiger partial charge in [-0.05, 0) is 17.2 Å². The average Bonchev–Trinajstić information content (AvgIpc) is 2.09. The molecule has 0 atom stereocenters. The fraction of sp³-hybridized carbons (Fsp3) is 0.300. The van der Waals surface area contributed by atoms with Crippen LogP contribution in [0.5, 0.6) is 0 Å². The van der Waals surface area contributed by atoms with E-state index >= 15 is 0 Å². The van der Waals surface area contributed by atoms with Crippen molar-refractivity contribution in [3.05, 3.63) is 33.8 Å². The highest BCUT2D eigenvalue weighted by Crippen LogP contribution is 2.25. The van der Waals surface area contributed by atoms with Gasteiger partial charge in [0.2, 0.25) is 5.91 Å². The van der Waals surface area contributed by atoms with E-state index in [1.54, 1.807) is 4.90 Å². The van der Waals surface area contributed by atoms with Crippen molar-refractivity contribution in [1.29, 1.82) is 0 Å². The first-order valence-electron chi connectivity index (χ1n) is 4.18. The van der Waals surface area contributed by atoms with Crippen LogP contribution in [0.4, 0.5) is 0 Å². The molecule has 1 aliphatic rings. The molecule has 1 heterocycles. The highest BCUT2D eigenvalue weighted by atomic mass is 79.9. The van der Waals surface area contributed by atoms with E-state index in [1.807, 2.05) is 25.2 Å². The number of carbonyl (C=O) groups excluding carboxylic acids is 1. The van der Waals surface area contributed by atoms with Crippen LogP contribution < -0.4 is 0 Å². The average molecular weight is 240 g/mol. The largest absolute Gasteiger partial charge is 0.341 e. The number of rotatable bonds is 0. The number of likely N-dealkylation sites (N-methyl/N-ethyl adjacent to an activating group) is 1. The lowest BCUT2D eigenvalue weighted by molar-refractivity contribution is -0.130. The summed E-state index contributed by atoms with van der Waals surface area (Å²) in [6.07, 6.45) is 0.533. The summed E-state index contributed by atoms with van der Waals surface area (Å²) in [6.45, 7) is 0.718. The third kappa shape index (κ3) is 1.48. The molecule has 68 valence electrons. The molecule has 0 saturated heterocycles. The first-order valence-corrected chi connectivity index (χ1v) is 4.98. The molecule has 0 aromatic heterocycles. The number of benzene rings is 1. The van der Waals surface area contributed by atoms with Crippen LogP contribution in [0.2, 0.25) is 0 Å². The number of hydrogen-bond acceptors (Lipinski definition) is 1. The second-order valence-electron chi connectivity index (χ2n) is 3.30. The minimum Gasteiger partial charge on any atom is -0.341 e. The molecule has 0 N–H and O–H groups in total. The standard InChI is InChI=1S/C10H10BrNO/c1-12-6-8-7(5-10(12)13)3-2-4-9(8)11/h2-4H,5-6H2,1H3. The molecule has 1 aromatic carbocycles. The van der Waals surface area contributed by atoms with Crippen LogP contribution in [0.25, 0.3) is 0 Å². The van der Waals surface area contributed by atoms with Crippen molar-refractivity contribution in [1.82, 2.24) is 4.90 Å². The van der Waals surface area contributed by atoms with E-state index in [2.05, 4.69) is 15.9 Å². The van der Waals surface area contributed by atoms with E-state index in [0.29, 0.717) is 6.42 Å². The molecule has 1 aliphatic heterocycles. The summed E-state index contributed by atoms with van der Waals surface area (Å²) in [6, 6.07) is 6.01. The van der Waals surface area contributed by atoms with Crippen LogP contribution in [-0.2, 0) is 17.8 Å². The van der Waals surface area contributed by atoms with Gasteiger partial charge in [0.1, 0.15) is 0 Å². The van der Waals surface area contributed by atoms with Gasteiger partial charge in [-0.1, -0.05) is 28.1 Å². The number of amides is 1. The second kappa shape index (κ2) is 3.14. The zero-order chi connectivity index (χ0) is 9.42. The number of halogens is 1. The van der Waals surface area contributed by atoms with Gasteiger partial charge < -0.3 is 4.90 Å². The Morgan fingerprint density at radius 2 is 2.23 bits per heavy atom. The molecule has 0 fully saturated rings. The predicted molar refractivity (Wildman–Crippen MR) is 54.3 cm³/mol. The van der Waals surface area contributed by atoms with Crippen molar-refractivity contribution in [2.75, 3.05) is 7.05 Å². The summed E-state index contributed by atoms with van der Waals surface area (Å²) in [5, 5.41) is 0. The molecule has 0 spiro atoms. The van der Waals surface area contributed by atoms with Gasteiger partial charge in [-0.2, -0.15) is 0 Å². The van der Waals surface area contributed by atoms with E-state index < -0.39 is 0 Å². The SMILES string of the molecule is CN1Cc2c(Br)cccc2CC1=O. The Morgan fingerprint density at radius 1 is 1.46 bits per heavy atom. The van der Waals surface area contributed by atoms with Crippen molar-refractivity contribution in [2.24, 2.45) is 0 Å². The minimum absolute atomic E-state index is 0.200. The van der Waals surface area contributed by atoms with Crippen molar-refractivity contribution in [3.63, 3.8) is 0 Å². The van der Waals surface area contributed by atoms with Crippen LogP contribution in [0.15, 0.2) is 22.7 Å². The Morgan fingerprint density at radius 3 is 3.00 bits per heavy atom. The van der Waals surface area contributed by atoms with Gasteiger partial charge in [0.15, 0.2) is 0 Å². The Hall–Kier alpha value is -0.830. The number of fused-ring (bicyclic) bond motifs is 1. The number of hydrogen-bond donors (Lipinski definition) is 0. The maximum atomic E-state index is 11.4. The van der Waals surface area contributed by atoms with E-state index in [1.165, 1.54) is 5.56 Å². The smallest absolute Gasteiger partial charge is 0.227 e. The second-order valence-corrected chi connectivity index (χ2v) is 4.16. The summed E-state index contributed by atoms with van der Waals surface area (Å²) in [7, 11) is 1.84. The molecule has 2 nitrogen and oxygen atoms in total. The maximum Gasteiger partial charge on any atom is 0.227 e. The number of carbonyl (C=O) groups is 1. The fourth-order valence-corrected chi connectivity index (χ4v) is 2.10. The first kappa shape index (κ1) is 8.75. The molecule has 0 radical (unpaired) electrons. The zero-order valence-electron chi connectivity index (χ0n) is 7.38. The topological polar surface area (TPSA) is 20.3 Å². The monoisotopic (exact) mass is 239 g/mol. The molecule has 13 heavy (non-hydrogen) atoms. The predicted octanol–water partition coefficient (Wildman–Crippen LogP) is 1.96. The molecule has 1 aromatic rings. The van der Waals surface area contributed by atoms with E-state index in [4.69, 9.17) is 0 Å². The summed E-state index contributed by atoms with van der Waals surface area (Å²) >= 11 is 3.49. The van der Waals surface area contributed by atoms with E-state index in [0.717, 1.165) is 16.6 Å². The first-order chi connectivity index (χ1) is 6.18. The highest BCUT2D eigenvalue weighted by Gasteiger charge is 2.20. The van der Waals surface area contributed by atoms with Gasteiger partial charge in [-0.3, -0.25) is 4.79 Å². The highest BCUT2D eigenvalue weighted by molar-refractivity contribution is 9.10. The van der Waals surface area contributed by atoms with Crippen LogP contribution in [0, 0.1) is 0 Å². The lowest BCUT2D eigenvalue weighted by Crippen LogP contribution is -2.32. The molecule has 0 unspecified atom stereocenters. The minimum atomic E-state index is 0.200. The van der Waals surface area contributed by atoms with Crippen molar-refractivity contribution in [2.45, 2.75) is 13.0 Å². The molecule has 3 heteroatoms. The molecule has 2 rings (SSSR count). The summed E-state index contributed by atoms with van der Waals surface area (Å²) < 4.78 is 1.10. The molecular formula is C10H10BrNO. The molecule has 1 amide bonds. The molecule has 0 saturated carbocycles. The quantitative estimate of drug-likeness (QED) is 0.678. The van der Waals surface area contributed by atoms with Crippen molar-refractivity contribution >= 4 is 21.8 Å². The Kier molecular flexibility index (Phi) is 2.12. The fourth-order valence-electron chi connectivity index (χ4n) is 1.57. The lowest BCUT2D eigenvalue weighted by atomic mass is 10.00. The third-order valence-electron chi connectivity index (χ3n) is 2.38. The number of nitrogens with zero attached hydrogens (tertiary/aromatic N) is 1. The summed E-state index contributed by atoms with van der Waals surface area (Å²) in [5.41, 5.74) is 2.39. The van der Waals surface area contributed by atoms with Gasteiger partial charge in [0, 0.05) is 18.1 Å². The normalized spacial score (nSPS) is 15.8. The van der Waals surface area contributed by atoms with Gasteiger partial charge in [0.05, 0.1) is 6.42 Å². The zero-order valence-corrected chi connectivity index (χ0v) is 8.97. The summed E-state index contributed by atoms with van der Waals surface area (Å²) in [4.78, 5) is 13.1. The van der Waals surface area contributed by atoms with Gasteiger partial charge >= 0.3 is 0 Å². The summed E-state index contributed by atoms with van der Waals surface area (Å²) in [5.74, 6) is 0.200. The van der Waals surface area contributed by atoms with Crippen LogP contribution >= 0.6 is 15.9 Å². The van der Waals surface area contributed by atoms with Crippen LogP contribution in [0.3, 0.4) is 0 Å². The molecule has 0 bridgehead atoms. The molecular weight excluding hydrogens is 230 g/mol. The van der Waals surface area contributed by atoms with Crippen LogP contribution in [0.1, 0.15) is 11.1 Å². The van der Waals surface area contributed by atoms with Gasteiger partial charge in [-0.15, -0.1) is 0 Å². The van der Waals surface area contributed by atoms with Crippen molar-refractivity contribution < 1.29 is 4.79 Å². The Labute approximate surface area is 85.7 Å². The lowest BCUT2D eigenvalue weighted by Gasteiger charge is -2.25.